The molecule has 0 fully saturated rings. The molecule has 0 spiro atoms. The zero-order valence-electron chi connectivity index (χ0n) is 16.6. The number of nitrogens with one attached hydrogen (secondary N) is 2. The second kappa shape index (κ2) is 8.85. The van der Waals surface area contributed by atoms with Crippen LogP contribution in [0.2, 0.25) is 10.0 Å². The minimum absolute atomic E-state index is 0.0234. The Kier molecular flexibility index (Phi) is 6.48. The van der Waals surface area contributed by atoms with Crippen molar-refractivity contribution in [1.82, 2.24) is 4.98 Å². The lowest BCUT2D eigenvalue weighted by atomic mass is 10.1. The molecule has 0 bridgehead atoms. The van der Waals surface area contributed by atoms with Gasteiger partial charge in [-0.2, -0.15) is 0 Å². The number of aromatic nitrogens is 1. The Morgan fingerprint density at radius 3 is 1.54 bits per heavy atom. The number of rotatable bonds is 6. The van der Waals surface area contributed by atoms with Gasteiger partial charge in [-0.05, 0) is 75.2 Å². The summed E-state index contributed by atoms with van der Waals surface area (Å²) in [6, 6.07) is 18.1. The van der Waals surface area contributed by atoms with E-state index < -0.39 is 0 Å². The molecule has 0 saturated heterocycles. The monoisotopic (exact) mass is 413 g/mol. The highest BCUT2D eigenvalue weighted by atomic mass is 35.5. The minimum atomic E-state index is 0.0234. The zero-order valence-corrected chi connectivity index (χ0v) is 18.1. The average molecular weight is 414 g/mol. The fraction of sp³-hybridized carbons (Fsp3) is 0.261. The van der Waals surface area contributed by atoms with Crippen LogP contribution in [-0.2, 0) is 0 Å². The van der Waals surface area contributed by atoms with Crippen molar-refractivity contribution in [2.24, 2.45) is 0 Å². The van der Waals surface area contributed by atoms with Gasteiger partial charge < -0.3 is 10.6 Å². The number of hydrogen-bond acceptors (Lipinski definition) is 3. The first-order chi connectivity index (χ1) is 13.3. The molecule has 0 aliphatic carbocycles. The van der Waals surface area contributed by atoms with Crippen LogP contribution in [0.3, 0.4) is 0 Å². The smallest absolute Gasteiger partial charge is 0.0657 e. The first kappa shape index (κ1) is 20.5. The van der Waals surface area contributed by atoms with Crippen LogP contribution in [-0.4, -0.2) is 4.98 Å². The molecule has 0 aliphatic heterocycles. The van der Waals surface area contributed by atoms with Gasteiger partial charge in [0.1, 0.15) is 0 Å². The molecule has 3 rings (SSSR count). The predicted molar refractivity (Wildman–Crippen MR) is 121 cm³/mol. The highest BCUT2D eigenvalue weighted by Crippen LogP contribution is 2.29. The first-order valence-electron chi connectivity index (χ1n) is 9.35. The summed E-state index contributed by atoms with van der Waals surface area (Å²) in [5.41, 5.74) is 6.00. The second-order valence-electron chi connectivity index (χ2n) is 7.19. The third-order valence-electron chi connectivity index (χ3n) is 4.67. The number of pyridine rings is 1. The van der Waals surface area contributed by atoms with E-state index in [1.807, 2.05) is 68.4 Å². The van der Waals surface area contributed by atoms with Crippen molar-refractivity contribution >= 4 is 34.6 Å². The Balaban J connectivity index is 1.75. The van der Waals surface area contributed by atoms with Crippen LogP contribution < -0.4 is 10.6 Å². The molecule has 2 unspecified atom stereocenters. The lowest BCUT2D eigenvalue weighted by Crippen LogP contribution is -2.13. The van der Waals surface area contributed by atoms with Crippen LogP contribution in [0.15, 0.2) is 54.6 Å². The van der Waals surface area contributed by atoms with Crippen molar-refractivity contribution in [1.29, 1.82) is 0 Å². The van der Waals surface area contributed by atoms with Gasteiger partial charge in [-0.15, -0.1) is 0 Å². The summed E-state index contributed by atoms with van der Waals surface area (Å²) in [7, 11) is 0. The van der Waals surface area contributed by atoms with Crippen molar-refractivity contribution in [2.75, 3.05) is 10.6 Å². The maximum atomic E-state index is 6.35. The third kappa shape index (κ3) is 4.98. The van der Waals surface area contributed by atoms with Gasteiger partial charge in [0, 0.05) is 0 Å². The summed E-state index contributed by atoms with van der Waals surface area (Å²) in [4.78, 5) is 4.85. The quantitative estimate of drug-likeness (QED) is 0.443. The highest BCUT2D eigenvalue weighted by Gasteiger charge is 2.13. The van der Waals surface area contributed by atoms with Crippen LogP contribution in [0.5, 0.6) is 0 Å². The largest absolute Gasteiger partial charge is 0.376 e. The Morgan fingerprint density at radius 1 is 0.714 bits per heavy atom. The molecule has 146 valence electrons. The molecule has 1 heterocycles. The highest BCUT2D eigenvalue weighted by molar-refractivity contribution is 6.33. The van der Waals surface area contributed by atoms with E-state index in [0.717, 1.165) is 33.9 Å². The van der Waals surface area contributed by atoms with Crippen molar-refractivity contribution < 1.29 is 0 Å². The van der Waals surface area contributed by atoms with E-state index in [9.17, 15) is 0 Å². The van der Waals surface area contributed by atoms with E-state index in [4.69, 9.17) is 28.2 Å². The van der Waals surface area contributed by atoms with E-state index in [2.05, 4.69) is 24.5 Å². The van der Waals surface area contributed by atoms with Gasteiger partial charge in [-0.3, -0.25) is 4.98 Å². The molecule has 3 nitrogen and oxygen atoms in total. The molecule has 3 aromatic rings. The SMILES string of the molecule is Cc1ccc(NC(C)c2cccc(C(C)Nc3ccc(C)cc3Cl)n2)c(Cl)c1. The van der Waals surface area contributed by atoms with Gasteiger partial charge in [-0.25, -0.2) is 0 Å². The van der Waals surface area contributed by atoms with Gasteiger partial charge in [0.05, 0.1) is 44.9 Å². The summed E-state index contributed by atoms with van der Waals surface area (Å²) in [6.45, 7) is 8.21. The Labute approximate surface area is 177 Å². The number of halogens is 2. The van der Waals surface area contributed by atoms with E-state index >= 15 is 0 Å². The summed E-state index contributed by atoms with van der Waals surface area (Å²) in [5, 5.41) is 8.33. The maximum absolute atomic E-state index is 6.35. The molecule has 2 N–H and O–H groups in total. The van der Waals surface area contributed by atoms with Crippen LogP contribution in [0.25, 0.3) is 0 Å². The number of hydrogen-bond donors (Lipinski definition) is 2. The molecule has 2 aromatic carbocycles. The minimum Gasteiger partial charge on any atom is -0.376 e. The van der Waals surface area contributed by atoms with Crippen molar-refractivity contribution in [3.05, 3.63) is 87.2 Å². The van der Waals surface area contributed by atoms with E-state index in [1.165, 1.54) is 0 Å². The lowest BCUT2D eigenvalue weighted by Gasteiger charge is -2.20. The Bertz CT molecular complexity index is 897. The summed E-state index contributed by atoms with van der Waals surface area (Å²) < 4.78 is 0. The molecule has 1 aromatic heterocycles. The van der Waals surface area contributed by atoms with Crippen LogP contribution in [0, 0.1) is 13.8 Å². The fourth-order valence-electron chi connectivity index (χ4n) is 3.04. The number of anilines is 2. The van der Waals surface area contributed by atoms with E-state index in [0.29, 0.717) is 10.0 Å². The summed E-state index contributed by atoms with van der Waals surface area (Å²) >= 11 is 12.7. The van der Waals surface area contributed by atoms with Crippen molar-refractivity contribution in [2.45, 2.75) is 39.8 Å². The van der Waals surface area contributed by atoms with E-state index in [1.54, 1.807) is 0 Å². The molecule has 0 saturated carbocycles. The summed E-state index contributed by atoms with van der Waals surface area (Å²) in [5.74, 6) is 0. The van der Waals surface area contributed by atoms with Crippen molar-refractivity contribution in [3.8, 4) is 0 Å². The fourth-order valence-corrected chi connectivity index (χ4v) is 3.62. The molecule has 2 atom stereocenters. The van der Waals surface area contributed by atoms with Gasteiger partial charge in [-0.1, -0.05) is 41.4 Å². The number of aryl methyl sites for hydroxylation is 2. The van der Waals surface area contributed by atoms with Gasteiger partial charge in [0.25, 0.3) is 0 Å². The Morgan fingerprint density at radius 2 is 1.14 bits per heavy atom. The van der Waals surface area contributed by atoms with Crippen LogP contribution in [0.4, 0.5) is 11.4 Å². The molecule has 5 heteroatoms. The lowest BCUT2D eigenvalue weighted by molar-refractivity contribution is 0.781. The normalized spacial score (nSPS) is 13.1. The molecular weight excluding hydrogens is 389 g/mol. The second-order valence-corrected chi connectivity index (χ2v) is 8.00. The number of benzene rings is 2. The molecular formula is C23H25Cl2N3. The molecule has 0 radical (unpaired) electrons. The van der Waals surface area contributed by atoms with Gasteiger partial charge in [0.2, 0.25) is 0 Å². The maximum Gasteiger partial charge on any atom is 0.0657 e. The van der Waals surface area contributed by atoms with Gasteiger partial charge in [0.15, 0.2) is 0 Å². The van der Waals surface area contributed by atoms with E-state index in [-0.39, 0.29) is 12.1 Å². The van der Waals surface area contributed by atoms with Crippen LogP contribution >= 0.6 is 23.2 Å². The van der Waals surface area contributed by atoms with Crippen LogP contribution in [0.1, 0.15) is 48.4 Å². The topological polar surface area (TPSA) is 37.0 Å². The predicted octanol–water partition coefficient (Wildman–Crippen LogP) is 7.35. The zero-order chi connectivity index (χ0) is 20.3. The standard InChI is InChI=1S/C23H25Cl2N3/c1-14-8-10-22(18(24)12-14)26-16(3)20-6-5-7-21(28-20)17(4)27-23-11-9-15(2)13-19(23)25/h5-13,16-17,26-27H,1-4H3. The number of nitrogens with zero attached hydrogens (tertiary/aromatic N) is 1. The summed E-state index contributed by atoms with van der Waals surface area (Å²) in [6.07, 6.45) is 0. The average Bonchev–Trinajstić information content (AvgIpc) is 2.66. The van der Waals surface area contributed by atoms with Crippen molar-refractivity contribution in [3.63, 3.8) is 0 Å². The third-order valence-corrected chi connectivity index (χ3v) is 5.30. The molecule has 0 aliphatic rings. The Hall–Kier alpha value is -2.23. The molecule has 28 heavy (non-hydrogen) atoms. The molecule has 0 amide bonds. The van der Waals surface area contributed by atoms with Gasteiger partial charge >= 0.3 is 0 Å². The first-order valence-corrected chi connectivity index (χ1v) is 10.1.